The van der Waals surface area contributed by atoms with Crippen molar-refractivity contribution in [1.29, 1.82) is 0 Å². The van der Waals surface area contributed by atoms with Crippen LogP contribution in [0.4, 0.5) is 8.78 Å². The second kappa shape index (κ2) is 8.06. The zero-order chi connectivity index (χ0) is 17.1. The van der Waals surface area contributed by atoms with Gasteiger partial charge in [0, 0.05) is 51.4 Å². The molecule has 0 bridgehead atoms. The predicted molar refractivity (Wildman–Crippen MR) is 88.0 cm³/mol. The zero-order valence-electron chi connectivity index (χ0n) is 13.6. The highest BCUT2D eigenvalue weighted by atomic mass is 35.5. The lowest BCUT2D eigenvalue weighted by Crippen LogP contribution is -2.41. The second-order valence-electron chi connectivity index (χ2n) is 6.63. The van der Waals surface area contributed by atoms with Crippen molar-refractivity contribution in [2.24, 2.45) is 11.8 Å². The number of aliphatic hydroxyl groups is 1. The minimum absolute atomic E-state index is 0.00575. The fourth-order valence-electron chi connectivity index (χ4n) is 3.63. The summed E-state index contributed by atoms with van der Waals surface area (Å²) in [6.45, 7) is 5.76. The van der Waals surface area contributed by atoms with E-state index in [4.69, 9.17) is 16.3 Å². The lowest BCUT2D eigenvalue weighted by atomic mass is 9.96. The van der Waals surface area contributed by atoms with E-state index in [0.717, 1.165) is 32.8 Å². The van der Waals surface area contributed by atoms with Crippen LogP contribution in [0.3, 0.4) is 0 Å². The Morgan fingerprint density at radius 1 is 1.12 bits per heavy atom. The molecule has 7 heteroatoms. The summed E-state index contributed by atoms with van der Waals surface area (Å²) in [5.74, 6) is -0.848. The van der Waals surface area contributed by atoms with Gasteiger partial charge in [0.15, 0.2) is 0 Å². The van der Waals surface area contributed by atoms with E-state index >= 15 is 0 Å². The van der Waals surface area contributed by atoms with Crippen molar-refractivity contribution in [3.05, 3.63) is 34.4 Å². The molecule has 0 amide bonds. The van der Waals surface area contributed by atoms with E-state index in [1.165, 1.54) is 12.1 Å². The van der Waals surface area contributed by atoms with Gasteiger partial charge in [0.25, 0.3) is 0 Å². The number of morpholine rings is 1. The molecule has 24 heavy (non-hydrogen) atoms. The number of aliphatic hydroxyl groups excluding tert-OH is 1. The molecule has 3 rings (SSSR count). The van der Waals surface area contributed by atoms with Crippen molar-refractivity contribution in [2.75, 3.05) is 52.5 Å². The van der Waals surface area contributed by atoms with Crippen LogP contribution in [0, 0.1) is 23.5 Å². The Labute approximate surface area is 145 Å². The highest BCUT2D eigenvalue weighted by Crippen LogP contribution is 2.28. The number of ether oxygens (including phenoxy) is 1. The summed E-state index contributed by atoms with van der Waals surface area (Å²) < 4.78 is 33.4. The van der Waals surface area contributed by atoms with Crippen LogP contribution in [0.15, 0.2) is 12.1 Å². The van der Waals surface area contributed by atoms with E-state index in [1.807, 2.05) is 4.90 Å². The summed E-state index contributed by atoms with van der Waals surface area (Å²) in [6.07, 6.45) is 0. The Morgan fingerprint density at radius 3 is 2.54 bits per heavy atom. The van der Waals surface area contributed by atoms with E-state index in [-0.39, 0.29) is 29.7 Å². The smallest absolute Gasteiger partial charge is 0.149 e. The second-order valence-corrected chi connectivity index (χ2v) is 7.04. The average Bonchev–Trinajstić information content (AvgIpc) is 2.98. The molecule has 0 radical (unpaired) electrons. The summed E-state index contributed by atoms with van der Waals surface area (Å²) in [7, 11) is 0. The van der Waals surface area contributed by atoms with Crippen LogP contribution in [0.25, 0.3) is 0 Å². The van der Waals surface area contributed by atoms with E-state index < -0.39 is 11.6 Å². The SMILES string of the molecule is OC[C@H]1CN(Cc2c(F)ccc(Cl)c2F)C[C@H]1CN1CCOCC1. The molecule has 2 saturated heterocycles. The van der Waals surface area contributed by atoms with Crippen LogP contribution in [0.2, 0.25) is 5.02 Å². The third kappa shape index (κ3) is 4.06. The average molecular weight is 361 g/mol. The zero-order valence-corrected chi connectivity index (χ0v) is 14.3. The van der Waals surface area contributed by atoms with Crippen LogP contribution in [0.5, 0.6) is 0 Å². The molecule has 0 saturated carbocycles. The van der Waals surface area contributed by atoms with Gasteiger partial charge in [0.05, 0.1) is 18.2 Å². The Balaban J connectivity index is 1.64. The summed E-state index contributed by atoms with van der Waals surface area (Å²) in [6, 6.07) is 2.43. The molecule has 2 aliphatic rings. The first-order chi connectivity index (χ1) is 11.6. The number of likely N-dealkylation sites (tertiary alicyclic amines) is 1. The Hall–Kier alpha value is -0.790. The number of hydrogen-bond donors (Lipinski definition) is 1. The molecule has 1 aromatic carbocycles. The van der Waals surface area contributed by atoms with Crippen LogP contribution in [0.1, 0.15) is 5.56 Å². The molecule has 1 aromatic rings. The van der Waals surface area contributed by atoms with Gasteiger partial charge in [-0.05, 0) is 24.0 Å². The fraction of sp³-hybridized carbons (Fsp3) is 0.647. The van der Waals surface area contributed by atoms with Crippen LogP contribution in [-0.4, -0.2) is 67.5 Å². The Bertz CT molecular complexity index is 570. The summed E-state index contributed by atoms with van der Waals surface area (Å²) in [5, 5.41) is 9.60. The first-order valence-electron chi connectivity index (χ1n) is 8.34. The summed E-state index contributed by atoms with van der Waals surface area (Å²) in [4.78, 5) is 4.34. The first kappa shape index (κ1) is 18.0. The van der Waals surface area contributed by atoms with E-state index in [1.54, 1.807) is 0 Å². The molecule has 0 unspecified atom stereocenters. The molecular formula is C17H23ClF2N2O2. The Kier molecular flexibility index (Phi) is 6.05. The topological polar surface area (TPSA) is 35.9 Å². The minimum atomic E-state index is -0.686. The first-order valence-corrected chi connectivity index (χ1v) is 8.72. The maximum absolute atomic E-state index is 14.1. The van der Waals surface area contributed by atoms with Gasteiger partial charge in [-0.1, -0.05) is 11.6 Å². The predicted octanol–water partition coefficient (Wildman–Crippen LogP) is 1.99. The maximum Gasteiger partial charge on any atom is 0.149 e. The van der Waals surface area contributed by atoms with Crippen molar-refractivity contribution < 1.29 is 18.6 Å². The molecule has 2 fully saturated rings. The van der Waals surface area contributed by atoms with Gasteiger partial charge in [-0.15, -0.1) is 0 Å². The van der Waals surface area contributed by atoms with E-state index in [2.05, 4.69) is 4.90 Å². The highest BCUT2D eigenvalue weighted by molar-refractivity contribution is 6.30. The van der Waals surface area contributed by atoms with Crippen molar-refractivity contribution in [2.45, 2.75) is 6.54 Å². The van der Waals surface area contributed by atoms with E-state index in [9.17, 15) is 13.9 Å². The maximum atomic E-state index is 14.1. The van der Waals surface area contributed by atoms with Gasteiger partial charge in [0.2, 0.25) is 0 Å². The monoisotopic (exact) mass is 360 g/mol. The third-order valence-electron chi connectivity index (χ3n) is 5.00. The molecule has 4 nitrogen and oxygen atoms in total. The molecule has 0 aromatic heterocycles. The van der Waals surface area contributed by atoms with Crippen LogP contribution < -0.4 is 0 Å². The van der Waals surface area contributed by atoms with Gasteiger partial charge in [-0.3, -0.25) is 9.80 Å². The summed E-state index contributed by atoms with van der Waals surface area (Å²) >= 11 is 5.77. The standard InChI is InChI=1S/C17H23ClF2N2O2/c18-15-1-2-16(19)14(17(15)20)10-22-8-12(13(9-22)11-23)7-21-3-5-24-6-4-21/h1-2,12-13,23H,3-11H2/t12-,13-/m1/s1. The third-order valence-corrected chi connectivity index (χ3v) is 5.30. The van der Waals surface area contributed by atoms with E-state index in [0.29, 0.717) is 19.0 Å². The van der Waals surface area contributed by atoms with Gasteiger partial charge >= 0.3 is 0 Å². The molecule has 0 aliphatic carbocycles. The van der Waals surface area contributed by atoms with Crippen LogP contribution in [-0.2, 0) is 11.3 Å². The van der Waals surface area contributed by atoms with Crippen molar-refractivity contribution in [1.82, 2.24) is 9.80 Å². The number of benzene rings is 1. The van der Waals surface area contributed by atoms with Gasteiger partial charge < -0.3 is 9.84 Å². The lowest BCUT2D eigenvalue weighted by molar-refractivity contribution is 0.0264. The van der Waals surface area contributed by atoms with Gasteiger partial charge in [0.1, 0.15) is 11.6 Å². The van der Waals surface area contributed by atoms with Crippen molar-refractivity contribution in [3.8, 4) is 0 Å². The highest BCUT2D eigenvalue weighted by Gasteiger charge is 2.34. The molecular weight excluding hydrogens is 338 g/mol. The largest absolute Gasteiger partial charge is 0.396 e. The molecule has 134 valence electrons. The molecule has 2 atom stereocenters. The van der Waals surface area contributed by atoms with Crippen molar-refractivity contribution in [3.63, 3.8) is 0 Å². The number of halogens is 3. The number of hydrogen-bond acceptors (Lipinski definition) is 4. The van der Waals surface area contributed by atoms with Gasteiger partial charge in [-0.25, -0.2) is 8.78 Å². The molecule has 2 heterocycles. The normalized spacial score (nSPS) is 26.2. The van der Waals surface area contributed by atoms with Crippen molar-refractivity contribution >= 4 is 11.6 Å². The summed E-state index contributed by atoms with van der Waals surface area (Å²) in [5.41, 5.74) is 0.00575. The Morgan fingerprint density at radius 2 is 1.83 bits per heavy atom. The quantitative estimate of drug-likeness (QED) is 0.815. The minimum Gasteiger partial charge on any atom is -0.396 e. The van der Waals surface area contributed by atoms with Gasteiger partial charge in [-0.2, -0.15) is 0 Å². The molecule has 1 N–H and O–H groups in total. The molecule has 0 spiro atoms. The lowest BCUT2D eigenvalue weighted by Gasteiger charge is -2.30. The number of rotatable bonds is 5. The molecule has 2 aliphatic heterocycles. The van der Waals surface area contributed by atoms with Crippen LogP contribution >= 0.6 is 11.6 Å². The fourth-order valence-corrected chi connectivity index (χ4v) is 3.81. The number of nitrogens with zero attached hydrogens (tertiary/aromatic N) is 2.